The van der Waals surface area contributed by atoms with Crippen LogP contribution in [0.5, 0.6) is 17.4 Å². The van der Waals surface area contributed by atoms with E-state index < -0.39 is 17.8 Å². The van der Waals surface area contributed by atoms with Crippen molar-refractivity contribution >= 4 is 6.09 Å². The van der Waals surface area contributed by atoms with Crippen molar-refractivity contribution in [2.24, 2.45) is 0 Å². The number of benzene rings is 2. The van der Waals surface area contributed by atoms with Gasteiger partial charge < -0.3 is 14.4 Å². The average Bonchev–Trinajstić information content (AvgIpc) is 2.86. The third kappa shape index (κ3) is 7.19. The van der Waals surface area contributed by atoms with E-state index in [0.717, 1.165) is 44.6 Å². The molecule has 9 heteroatoms. The van der Waals surface area contributed by atoms with Crippen molar-refractivity contribution < 1.29 is 27.4 Å². The molecule has 3 aromatic rings. The van der Waals surface area contributed by atoms with Gasteiger partial charge in [-0.3, -0.25) is 4.90 Å². The highest BCUT2D eigenvalue weighted by Gasteiger charge is 2.30. The van der Waals surface area contributed by atoms with E-state index in [2.05, 4.69) is 34.1 Å². The van der Waals surface area contributed by atoms with Gasteiger partial charge in [0.2, 0.25) is 5.88 Å². The molecule has 1 aliphatic heterocycles. The zero-order chi connectivity index (χ0) is 24.7. The number of aryl methyl sites for hydroxylation is 1. The smallest absolute Gasteiger partial charge is 0.417 e. The Hall–Kier alpha value is -3.59. The second-order valence-electron chi connectivity index (χ2n) is 8.24. The van der Waals surface area contributed by atoms with Crippen LogP contribution in [-0.2, 0) is 12.6 Å². The Bertz CT molecular complexity index is 1080. The molecule has 0 radical (unpaired) electrons. The molecule has 2 heterocycles. The number of hydrogen-bond donors (Lipinski definition) is 0. The average molecular weight is 486 g/mol. The van der Waals surface area contributed by atoms with Gasteiger partial charge in [0.1, 0.15) is 11.5 Å². The Morgan fingerprint density at radius 1 is 0.886 bits per heavy atom. The van der Waals surface area contributed by atoms with E-state index in [1.807, 2.05) is 6.07 Å². The Balaban J connectivity index is 1.19. The van der Waals surface area contributed by atoms with E-state index >= 15 is 0 Å². The van der Waals surface area contributed by atoms with Crippen LogP contribution in [0.2, 0.25) is 0 Å². The number of ether oxygens (including phenoxy) is 2. The third-order valence-electron chi connectivity index (χ3n) is 5.73. The van der Waals surface area contributed by atoms with Gasteiger partial charge in [-0.15, -0.1) is 0 Å². The molecule has 0 unspecified atom stereocenters. The van der Waals surface area contributed by atoms with Crippen molar-refractivity contribution in [1.29, 1.82) is 0 Å². The number of aromatic nitrogens is 1. The molecule has 1 amide bonds. The number of carbonyl (C=O) groups is 1. The highest BCUT2D eigenvalue weighted by molar-refractivity contribution is 5.70. The number of amides is 1. The Kier molecular flexibility index (Phi) is 7.87. The fourth-order valence-electron chi connectivity index (χ4n) is 3.78. The minimum Gasteiger partial charge on any atom is -0.439 e. The van der Waals surface area contributed by atoms with E-state index in [1.54, 1.807) is 29.2 Å². The maximum absolute atomic E-state index is 12.6. The van der Waals surface area contributed by atoms with Crippen molar-refractivity contribution in [2.75, 3.05) is 32.7 Å². The number of alkyl halides is 3. The van der Waals surface area contributed by atoms with Gasteiger partial charge in [0.05, 0.1) is 5.56 Å². The van der Waals surface area contributed by atoms with Gasteiger partial charge in [-0.2, -0.15) is 13.2 Å². The second kappa shape index (κ2) is 11.2. The SMILES string of the molecule is O=C(Oc1ccc(Oc2ccc(C(F)(F)F)cn2)cc1)N1CCN(CCCc2ccccc2)CC1. The second-order valence-corrected chi connectivity index (χ2v) is 8.24. The number of halogens is 3. The Morgan fingerprint density at radius 3 is 2.20 bits per heavy atom. The lowest BCUT2D eigenvalue weighted by molar-refractivity contribution is -0.137. The minimum absolute atomic E-state index is 0.0318. The first kappa shape index (κ1) is 24.5. The normalized spacial score (nSPS) is 14.5. The first-order valence-corrected chi connectivity index (χ1v) is 11.4. The predicted octanol–water partition coefficient (Wildman–Crippen LogP) is 5.64. The van der Waals surface area contributed by atoms with Gasteiger partial charge in [0, 0.05) is 38.4 Å². The first-order chi connectivity index (χ1) is 16.9. The predicted molar refractivity (Wildman–Crippen MR) is 125 cm³/mol. The summed E-state index contributed by atoms with van der Waals surface area (Å²) in [5, 5.41) is 0. The summed E-state index contributed by atoms with van der Waals surface area (Å²) in [6.07, 6.45) is -2.03. The number of nitrogens with zero attached hydrogens (tertiary/aromatic N) is 3. The minimum atomic E-state index is -4.45. The van der Waals surface area contributed by atoms with Crippen molar-refractivity contribution in [3.05, 3.63) is 84.1 Å². The fourth-order valence-corrected chi connectivity index (χ4v) is 3.78. The number of pyridine rings is 1. The molecule has 6 nitrogen and oxygen atoms in total. The van der Waals surface area contributed by atoms with Gasteiger partial charge >= 0.3 is 12.3 Å². The van der Waals surface area contributed by atoms with Crippen LogP contribution in [-0.4, -0.2) is 53.6 Å². The van der Waals surface area contributed by atoms with Crippen LogP contribution in [0, 0.1) is 0 Å². The van der Waals surface area contributed by atoms with Crippen molar-refractivity contribution in [2.45, 2.75) is 19.0 Å². The number of rotatable bonds is 7. The number of carbonyl (C=O) groups excluding carboxylic acids is 1. The molecule has 35 heavy (non-hydrogen) atoms. The number of piperazine rings is 1. The van der Waals surface area contributed by atoms with E-state index in [1.165, 1.54) is 5.56 Å². The zero-order valence-corrected chi connectivity index (χ0v) is 19.1. The van der Waals surface area contributed by atoms with E-state index in [0.29, 0.717) is 30.8 Å². The highest BCUT2D eigenvalue weighted by atomic mass is 19.4. The summed E-state index contributed by atoms with van der Waals surface area (Å²) in [5.74, 6) is 0.749. The van der Waals surface area contributed by atoms with Crippen LogP contribution in [0.3, 0.4) is 0 Å². The first-order valence-electron chi connectivity index (χ1n) is 11.4. The van der Waals surface area contributed by atoms with Gasteiger partial charge in [-0.1, -0.05) is 30.3 Å². The quantitative estimate of drug-likeness (QED) is 0.434. The van der Waals surface area contributed by atoms with Gasteiger partial charge in [-0.05, 0) is 55.3 Å². The molecule has 0 spiro atoms. The molecule has 184 valence electrons. The fraction of sp³-hybridized carbons (Fsp3) is 0.308. The van der Waals surface area contributed by atoms with Gasteiger partial charge in [-0.25, -0.2) is 9.78 Å². The Morgan fingerprint density at radius 2 is 1.57 bits per heavy atom. The van der Waals surface area contributed by atoms with Gasteiger partial charge in [0.25, 0.3) is 0 Å². The van der Waals surface area contributed by atoms with Crippen molar-refractivity contribution in [3.8, 4) is 17.4 Å². The summed E-state index contributed by atoms with van der Waals surface area (Å²) in [4.78, 5) is 20.2. The lowest BCUT2D eigenvalue weighted by Gasteiger charge is -2.34. The molecule has 0 aliphatic carbocycles. The highest BCUT2D eigenvalue weighted by Crippen LogP contribution is 2.30. The molecular weight excluding hydrogens is 459 g/mol. The molecule has 0 bridgehead atoms. The lowest BCUT2D eigenvalue weighted by atomic mass is 10.1. The third-order valence-corrected chi connectivity index (χ3v) is 5.73. The lowest BCUT2D eigenvalue weighted by Crippen LogP contribution is -2.49. The molecule has 1 fully saturated rings. The molecule has 4 rings (SSSR count). The standard InChI is InChI=1S/C26H26F3N3O3/c27-26(28,29)21-8-13-24(30-19-21)34-22-9-11-23(12-10-22)35-25(33)32-17-15-31(16-18-32)14-4-7-20-5-2-1-3-6-20/h1-3,5-6,8-13,19H,4,7,14-18H2. The van der Waals surface area contributed by atoms with Crippen LogP contribution >= 0.6 is 0 Å². The molecular formula is C26H26F3N3O3. The van der Waals surface area contributed by atoms with Crippen LogP contribution in [0.25, 0.3) is 0 Å². The van der Waals surface area contributed by atoms with Crippen molar-refractivity contribution in [1.82, 2.24) is 14.8 Å². The summed E-state index contributed by atoms with van der Waals surface area (Å²) >= 11 is 0. The molecule has 0 N–H and O–H groups in total. The molecule has 2 aromatic carbocycles. The summed E-state index contributed by atoms with van der Waals surface area (Å²) in [7, 11) is 0. The summed E-state index contributed by atoms with van der Waals surface area (Å²) in [6, 6.07) is 18.7. The van der Waals surface area contributed by atoms with Gasteiger partial charge in [0.15, 0.2) is 0 Å². The molecule has 1 saturated heterocycles. The summed E-state index contributed by atoms with van der Waals surface area (Å²) < 4.78 is 48.8. The largest absolute Gasteiger partial charge is 0.439 e. The molecule has 0 saturated carbocycles. The maximum atomic E-state index is 12.6. The van der Waals surface area contributed by atoms with Crippen LogP contribution in [0.1, 0.15) is 17.5 Å². The topological polar surface area (TPSA) is 54.9 Å². The maximum Gasteiger partial charge on any atom is 0.417 e. The summed E-state index contributed by atoms with van der Waals surface area (Å²) in [6.45, 7) is 3.80. The van der Waals surface area contributed by atoms with E-state index in [4.69, 9.17) is 9.47 Å². The molecule has 1 aromatic heterocycles. The van der Waals surface area contributed by atoms with E-state index in [-0.39, 0.29) is 5.88 Å². The number of hydrogen-bond acceptors (Lipinski definition) is 5. The molecule has 1 aliphatic rings. The van der Waals surface area contributed by atoms with Crippen LogP contribution < -0.4 is 9.47 Å². The Labute approximate surface area is 201 Å². The van der Waals surface area contributed by atoms with Crippen molar-refractivity contribution in [3.63, 3.8) is 0 Å². The molecule has 0 atom stereocenters. The monoisotopic (exact) mass is 485 g/mol. The zero-order valence-electron chi connectivity index (χ0n) is 19.1. The van der Waals surface area contributed by atoms with Crippen LogP contribution in [0.4, 0.5) is 18.0 Å². The van der Waals surface area contributed by atoms with Crippen LogP contribution in [0.15, 0.2) is 72.9 Å². The summed E-state index contributed by atoms with van der Waals surface area (Å²) in [5.41, 5.74) is 0.488. The van der Waals surface area contributed by atoms with E-state index in [9.17, 15) is 18.0 Å².